The lowest BCUT2D eigenvalue weighted by Gasteiger charge is -2.48. The molecule has 1 heterocycles. The fraction of sp³-hybridized carbons (Fsp3) is 0.405. The van der Waals surface area contributed by atoms with E-state index in [4.69, 9.17) is 42.6 Å². The molecule has 0 bridgehead atoms. The SMILES string of the molecule is C=CCO[C@]1(C(=O)OC)C[C@H](OC(C)=O)[C@@H](NC(C)=O)[C@H]([C@H](OC(C)=O)[C@@H](COC(c2ccccc2)(c2ccc(OC)cc2)c2ccc(OC)cc2)OC(C)=O)O1. The summed E-state index contributed by atoms with van der Waals surface area (Å²) in [5.74, 6) is -5.17. The molecule has 0 radical (unpaired) electrons. The number of amides is 1. The molecule has 1 saturated heterocycles. The number of nitrogens with one attached hydrogen (secondary N) is 1. The van der Waals surface area contributed by atoms with Gasteiger partial charge in [0.2, 0.25) is 5.91 Å². The van der Waals surface area contributed by atoms with E-state index in [9.17, 15) is 24.0 Å². The summed E-state index contributed by atoms with van der Waals surface area (Å²) in [6.07, 6.45) is -5.21. The van der Waals surface area contributed by atoms with Gasteiger partial charge in [-0.3, -0.25) is 19.2 Å². The van der Waals surface area contributed by atoms with Crippen LogP contribution < -0.4 is 14.8 Å². The van der Waals surface area contributed by atoms with Crippen LogP contribution in [0.3, 0.4) is 0 Å². The second kappa shape index (κ2) is 19.9. The molecular formula is C42H49NO14. The van der Waals surface area contributed by atoms with Crippen molar-refractivity contribution in [3.63, 3.8) is 0 Å². The molecule has 15 nitrogen and oxygen atoms in total. The van der Waals surface area contributed by atoms with Crippen molar-refractivity contribution in [2.45, 2.75) is 76.0 Å². The smallest absolute Gasteiger partial charge is 0.366 e. The molecule has 3 aromatic carbocycles. The maximum absolute atomic E-state index is 13.5. The monoisotopic (exact) mass is 791 g/mol. The molecule has 15 heteroatoms. The van der Waals surface area contributed by atoms with Gasteiger partial charge in [0.15, 0.2) is 12.2 Å². The number of benzene rings is 3. The second-order valence-electron chi connectivity index (χ2n) is 13.0. The van der Waals surface area contributed by atoms with Crippen LogP contribution in [0.15, 0.2) is 91.5 Å². The molecule has 0 spiro atoms. The number of hydrogen-bond donors (Lipinski definition) is 1. The molecular weight excluding hydrogens is 742 g/mol. The van der Waals surface area contributed by atoms with Gasteiger partial charge in [0.1, 0.15) is 29.3 Å². The van der Waals surface area contributed by atoms with Crippen molar-refractivity contribution in [1.82, 2.24) is 5.32 Å². The van der Waals surface area contributed by atoms with Crippen molar-refractivity contribution in [2.75, 3.05) is 34.5 Å². The van der Waals surface area contributed by atoms with Crippen LogP contribution in [0.1, 0.15) is 50.8 Å². The Bertz CT molecular complexity index is 1800. The number of rotatable bonds is 18. The van der Waals surface area contributed by atoms with Gasteiger partial charge < -0.3 is 47.9 Å². The van der Waals surface area contributed by atoms with Gasteiger partial charge in [-0.2, -0.15) is 0 Å². The van der Waals surface area contributed by atoms with E-state index in [1.165, 1.54) is 13.0 Å². The van der Waals surface area contributed by atoms with Gasteiger partial charge in [-0.25, -0.2) is 4.79 Å². The highest BCUT2D eigenvalue weighted by molar-refractivity contribution is 5.79. The lowest BCUT2D eigenvalue weighted by molar-refractivity contribution is -0.312. The highest BCUT2D eigenvalue weighted by Gasteiger charge is 2.59. The molecule has 0 aromatic heterocycles. The zero-order chi connectivity index (χ0) is 41.8. The van der Waals surface area contributed by atoms with Crippen LogP contribution in [0, 0.1) is 0 Å². The fourth-order valence-electron chi connectivity index (χ4n) is 6.82. The Kier molecular flexibility index (Phi) is 15.3. The predicted octanol–water partition coefficient (Wildman–Crippen LogP) is 4.17. The van der Waals surface area contributed by atoms with Gasteiger partial charge in [-0.15, -0.1) is 6.58 Å². The van der Waals surface area contributed by atoms with Crippen molar-refractivity contribution in [1.29, 1.82) is 0 Å². The quantitative estimate of drug-likeness (QED) is 0.0839. The molecule has 1 amide bonds. The van der Waals surface area contributed by atoms with E-state index in [2.05, 4.69) is 11.9 Å². The van der Waals surface area contributed by atoms with E-state index >= 15 is 0 Å². The summed E-state index contributed by atoms with van der Waals surface area (Å²) in [5, 5.41) is 2.71. The van der Waals surface area contributed by atoms with Crippen LogP contribution in [0.25, 0.3) is 0 Å². The Morgan fingerprint density at radius 2 is 1.35 bits per heavy atom. The molecule has 1 N–H and O–H groups in total. The second-order valence-corrected chi connectivity index (χ2v) is 13.0. The Labute approximate surface area is 331 Å². The topological polar surface area (TPSA) is 180 Å². The first kappa shape index (κ1) is 44.0. The minimum absolute atomic E-state index is 0.239. The highest BCUT2D eigenvalue weighted by Crippen LogP contribution is 2.43. The van der Waals surface area contributed by atoms with Crippen LogP contribution in [-0.2, 0) is 62.7 Å². The number of esters is 4. The lowest BCUT2D eigenvalue weighted by atomic mass is 9.80. The van der Waals surface area contributed by atoms with Gasteiger partial charge in [-0.05, 0) is 41.0 Å². The van der Waals surface area contributed by atoms with Gasteiger partial charge in [0.05, 0.1) is 47.0 Å². The third kappa shape index (κ3) is 10.6. The number of ether oxygens (including phenoxy) is 9. The van der Waals surface area contributed by atoms with E-state index in [1.807, 2.05) is 54.6 Å². The van der Waals surface area contributed by atoms with Gasteiger partial charge in [-0.1, -0.05) is 60.7 Å². The maximum Gasteiger partial charge on any atom is 0.366 e. The van der Waals surface area contributed by atoms with E-state index in [1.54, 1.807) is 38.5 Å². The largest absolute Gasteiger partial charge is 0.497 e. The summed E-state index contributed by atoms with van der Waals surface area (Å²) >= 11 is 0. The Balaban J connectivity index is 1.97. The highest BCUT2D eigenvalue weighted by atomic mass is 16.7. The first-order chi connectivity index (χ1) is 27.2. The molecule has 0 aliphatic carbocycles. The normalized spacial score (nSPS) is 20.2. The van der Waals surface area contributed by atoms with Crippen LogP contribution >= 0.6 is 0 Å². The van der Waals surface area contributed by atoms with Crippen molar-refractivity contribution >= 4 is 29.8 Å². The fourth-order valence-corrected chi connectivity index (χ4v) is 6.82. The third-order valence-electron chi connectivity index (χ3n) is 9.12. The Hall–Kier alpha value is -5.77. The number of hydrogen-bond acceptors (Lipinski definition) is 14. The molecule has 1 fully saturated rings. The minimum Gasteiger partial charge on any atom is -0.497 e. The van der Waals surface area contributed by atoms with E-state index in [-0.39, 0.29) is 6.61 Å². The zero-order valence-corrected chi connectivity index (χ0v) is 33.0. The average molecular weight is 792 g/mol. The minimum atomic E-state index is -2.29. The lowest BCUT2D eigenvalue weighted by Crippen LogP contribution is -2.69. The third-order valence-corrected chi connectivity index (χ3v) is 9.12. The van der Waals surface area contributed by atoms with Gasteiger partial charge in [0.25, 0.3) is 5.79 Å². The van der Waals surface area contributed by atoms with Crippen molar-refractivity contribution < 1.29 is 66.6 Å². The number of carbonyl (C=O) groups excluding carboxylic acids is 5. The summed E-state index contributed by atoms with van der Waals surface area (Å²) in [6, 6.07) is 22.3. The van der Waals surface area contributed by atoms with E-state index < -0.39 is 84.7 Å². The molecule has 306 valence electrons. The maximum atomic E-state index is 13.5. The average Bonchev–Trinajstić information content (AvgIpc) is 3.19. The van der Waals surface area contributed by atoms with Crippen LogP contribution in [0.2, 0.25) is 0 Å². The van der Waals surface area contributed by atoms with Crippen LogP contribution in [-0.4, -0.2) is 101 Å². The van der Waals surface area contributed by atoms with E-state index in [0.29, 0.717) is 28.2 Å². The van der Waals surface area contributed by atoms with Gasteiger partial charge >= 0.3 is 23.9 Å². The molecule has 3 aromatic rings. The number of methoxy groups -OCH3 is 3. The summed E-state index contributed by atoms with van der Waals surface area (Å²) in [5.41, 5.74) is 0.487. The van der Waals surface area contributed by atoms with Gasteiger partial charge in [0, 0.05) is 27.7 Å². The van der Waals surface area contributed by atoms with Crippen molar-refractivity contribution in [3.8, 4) is 11.5 Å². The first-order valence-corrected chi connectivity index (χ1v) is 18.0. The molecule has 4 rings (SSSR count). The number of carbonyl (C=O) groups is 5. The predicted molar refractivity (Wildman–Crippen MR) is 203 cm³/mol. The summed E-state index contributed by atoms with van der Waals surface area (Å²) in [4.78, 5) is 64.7. The van der Waals surface area contributed by atoms with Crippen LogP contribution in [0.4, 0.5) is 0 Å². The summed E-state index contributed by atoms with van der Waals surface area (Å²) in [7, 11) is 4.19. The summed E-state index contributed by atoms with van der Waals surface area (Å²) in [6.45, 7) is 7.53. The van der Waals surface area contributed by atoms with Crippen LogP contribution in [0.5, 0.6) is 11.5 Å². The molecule has 6 atom stereocenters. The van der Waals surface area contributed by atoms with Crippen molar-refractivity contribution in [2.24, 2.45) is 0 Å². The molecule has 1 aliphatic heterocycles. The Morgan fingerprint density at radius 1 is 0.807 bits per heavy atom. The zero-order valence-electron chi connectivity index (χ0n) is 33.0. The van der Waals surface area contributed by atoms with Crippen molar-refractivity contribution in [3.05, 3.63) is 108 Å². The molecule has 0 saturated carbocycles. The first-order valence-electron chi connectivity index (χ1n) is 18.0. The molecule has 0 unspecified atom stereocenters. The Morgan fingerprint density at radius 3 is 1.81 bits per heavy atom. The summed E-state index contributed by atoms with van der Waals surface area (Å²) < 4.78 is 52.8. The molecule has 57 heavy (non-hydrogen) atoms. The molecule has 1 aliphatic rings. The standard InChI is InChI=1S/C42H49NO14/c1-9-23-52-41(40(48)51-8)24-35(54-27(3)45)37(43-26(2)44)39(57-41)38(56-29(5)47)36(55-28(4)46)25-53-42(30-13-11-10-12-14-30,31-15-19-33(49-6)20-16-31)32-17-21-34(50-7)22-18-32/h9-22,35-39H,1,23-25H2,2-8H3,(H,43,44)/t35-,36+,37+,38+,39+,41+/m0/s1. The van der Waals surface area contributed by atoms with E-state index in [0.717, 1.165) is 27.9 Å².